The molecular formula is C34H16F18S2. The summed E-state index contributed by atoms with van der Waals surface area (Å²) in [6.45, 7) is 0. The highest BCUT2D eigenvalue weighted by molar-refractivity contribution is 7.19. The molecule has 5 aromatic rings. The highest BCUT2D eigenvalue weighted by Crippen LogP contribution is 2.58. The van der Waals surface area contributed by atoms with Gasteiger partial charge >= 0.3 is 47.9 Å². The first kappa shape index (κ1) is 41.0. The van der Waals surface area contributed by atoms with Gasteiger partial charge in [0, 0.05) is 30.6 Å². The Labute approximate surface area is 299 Å². The van der Waals surface area contributed by atoms with Crippen LogP contribution >= 0.6 is 22.7 Å². The first-order valence-electron chi connectivity index (χ1n) is 14.5. The van der Waals surface area contributed by atoms with Gasteiger partial charge in [-0.05, 0) is 46.5 Å². The molecule has 0 aliphatic carbocycles. The zero-order valence-electron chi connectivity index (χ0n) is 25.9. The van der Waals surface area contributed by atoms with Crippen LogP contribution in [0, 0.1) is 0 Å². The van der Waals surface area contributed by atoms with Crippen molar-refractivity contribution in [3.63, 3.8) is 0 Å². The number of hydrogen-bond acceptors (Lipinski definition) is 2. The summed E-state index contributed by atoms with van der Waals surface area (Å²) in [4.78, 5) is 1.93. The Kier molecular flexibility index (Phi) is 10.0. The van der Waals surface area contributed by atoms with Gasteiger partial charge in [0.1, 0.15) is 0 Å². The maximum atomic E-state index is 14.3. The minimum atomic E-state index is -7.04. The minimum absolute atomic E-state index is 0.143. The molecule has 0 N–H and O–H groups in total. The van der Waals surface area contributed by atoms with Gasteiger partial charge in [-0.1, -0.05) is 72.8 Å². The predicted octanol–water partition coefficient (Wildman–Crippen LogP) is 14.3. The molecule has 0 radical (unpaired) electrons. The Morgan fingerprint density at radius 2 is 0.463 bits per heavy atom. The van der Waals surface area contributed by atoms with E-state index in [4.69, 9.17) is 0 Å². The molecule has 0 nitrogen and oxygen atoms in total. The Balaban J connectivity index is 1.30. The molecule has 2 aromatic heterocycles. The van der Waals surface area contributed by atoms with E-state index in [-0.39, 0.29) is 11.1 Å². The number of benzene rings is 3. The second kappa shape index (κ2) is 13.2. The van der Waals surface area contributed by atoms with E-state index >= 15 is 0 Å². The smallest absolute Gasteiger partial charge is 0.194 e. The highest BCUT2D eigenvalue weighted by atomic mass is 32.1. The van der Waals surface area contributed by atoms with Crippen LogP contribution < -0.4 is 0 Å². The van der Waals surface area contributed by atoms with Crippen molar-refractivity contribution < 1.29 is 79.0 Å². The average molecular weight is 831 g/mol. The molecule has 0 unspecified atom stereocenters. The van der Waals surface area contributed by atoms with Crippen LogP contribution in [-0.2, 0) is 11.8 Å². The van der Waals surface area contributed by atoms with Gasteiger partial charge in [0.15, 0.2) is 0 Å². The van der Waals surface area contributed by atoms with Crippen molar-refractivity contribution >= 4 is 22.7 Å². The summed E-state index contributed by atoms with van der Waals surface area (Å²) in [5, 5.41) is 0. The molecule has 0 spiro atoms. The van der Waals surface area contributed by atoms with Crippen LogP contribution in [0.15, 0.2) is 97.1 Å². The van der Waals surface area contributed by atoms with Gasteiger partial charge < -0.3 is 0 Å². The molecular weight excluding hydrogens is 814 g/mol. The van der Waals surface area contributed by atoms with E-state index in [0.29, 0.717) is 54.9 Å². The van der Waals surface area contributed by atoms with Gasteiger partial charge in [-0.25, -0.2) is 0 Å². The molecule has 0 aliphatic heterocycles. The van der Waals surface area contributed by atoms with Crippen LogP contribution in [0.3, 0.4) is 0 Å². The molecule has 0 fully saturated rings. The van der Waals surface area contributed by atoms with Crippen molar-refractivity contribution in [1.29, 1.82) is 0 Å². The molecule has 54 heavy (non-hydrogen) atoms. The molecule has 0 aliphatic rings. The summed E-state index contributed by atoms with van der Waals surface area (Å²) < 4.78 is 240. The average Bonchev–Trinajstić information content (AvgIpc) is 3.78. The molecule has 0 saturated carbocycles. The Morgan fingerprint density at radius 1 is 0.259 bits per heavy atom. The van der Waals surface area contributed by atoms with Crippen LogP contribution in [-0.4, -0.2) is 36.0 Å². The summed E-state index contributed by atoms with van der Waals surface area (Å²) in [6, 6.07) is 17.4. The van der Waals surface area contributed by atoms with Gasteiger partial charge in [0.2, 0.25) is 0 Å². The number of halogens is 18. The number of hydrogen-bond donors (Lipinski definition) is 0. The first-order valence-corrected chi connectivity index (χ1v) is 16.1. The van der Waals surface area contributed by atoms with Crippen molar-refractivity contribution in [2.24, 2.45) is 0 Å². The van der Waals surface area contributed by atoms with Crippen LogP contribution in [0.5, 0.6) is 0 Å². The molecule has 5 rings (SSSR count). The van der Waals surface area contributed by atoms with Crippen LogP contribution in [0.2, 0.25) is 0 Å². The third-order valence-corrected chi connectivity index (χ3v) is 10.4. The van der Waals surface area contributed by atoms with E-state index in [9.17, 15) is 79.0 Å². The van der Waals surface area contributed by atoms with Crippen LogP contribution in [0.25, 0.3) is 41.8 Å². The molecule has 0 saturated heterocycles. The highest BCUT2D eigenvalue weighted by Gasteiger charge is 2.83. The second-order valence-corrected chi connectivity index (χ2v) is 13.7. The van der Waals surface area contributed by atoms with Crippen LogP contribution in [0.4, 0.5) is 79.0 Å². The lowest BCUT2D eigenvalue weighted by atomic mass is 9.96. The zero-order valence-corrected chi connectivity index (χ0v) is 27.5. The van der Waals surface area contributed by atoms with Crippen molar-refractivity contribution in [1.82, 2.24) is 0 Å². The summed E-state index contributed by atoms with van der Waals surface area (Å²) in [5.74, 6) is -39.5. The lowest BCUT2D eigenvalue weighted by Gasteiger charge is -2.33. The second-order valence-electron chi connectivity index (χ2n) is 11.5. The third-order valence-electron chi connectivity index (χ3n) is 8.02. The van der Waals surface area contributed by atoms with Crippen LogP contribution in [0.1, 0.15) is 11.1 Å². The van der Waals surface area contributed by atoms with Crippen molar-refractivity contribution in [2.75, 3.05) is 0 Å². The molecule has 2 heterocycles. The van der Waals surface area contributed by atoms with E-state index in [1.165, 1.54) is 12.1 Å². The van der Waals surface area contributed by atoms with Gasteiger partial charge in [-0.2, -0.15) is 79.0 Å². The van der Waals surface area contributed by atoms with Crippen molar-refractivity contribution in [3.8, 4) is 41.8 Å². The lowest BCUT2D eigenvalue weighted by molar-refractivity contribution is -0.399. The number of rotatable bonds is 10. The lowest BCUT2D eigenvalue weighted by Crippen LogP contribution is -2.59. The standard InChI is InChI=1S/C34H16F18S2/c35-27(36,29(39,40)31(43,44)33(47,48)49)21-9-5-19(6-10-21)25-15-13-23(53-25)17-1-2-18(4-3-17)24-14-16-26(54-24)20-7-11-22(12-8-20)28(37,38)30(41,42)32(45,46)34(50,51)52/h1-16H. The number of alkyl halides is 18. The fourth-order valence-corrected chi connectivity index (χ4v) is 6.93. The van der Waals surface area contributed by atoms with Crippen molar-refractivity contribution in [2.45, 2.75) is 47.9 Å². The molecule has 290 valence electrons. The fourth-order valence-electron chi connectivity index (χ4n) is 4.90. The van der Waals surface area contributed by atoms with E-state index in [0.717, 1.165) is 46.9 Å². The van der Waals surface area contributed by atoms with E-state index in [1.807, 2.05) is 0 Å². The van der Waals surface area contributed by atoms with Gasteiger partial charge in [-0.15, -0.1) is 22.7 Å². The topological polar surface area (TPSA) is 0 Å². The Hall–Kier alpha value is -4.20. The predicted molar refractivity (Wildman–Crippen MR) is 164 cm³/mol. The first-order chi connectivity index (χ1) is 24.6. The third kappa shape index (κ3) is 6.62. The monoisotopic (exact) mass is 830 g/mol. The molecule has 20 heteroatoms. The minimum Gasteiger partial charge on any atom is -0.194 e. The molecule has 0 atom stereocenters. The van der Waals surface area contributed by atoms with Gasteiger partial charge in [0.25, 0.3) is 0 Å². The summed E-state index contributed by atoms with van der Waals surface area (Å²) in [5.41, 5.74) is -2.06. The Bertz CT molecular complexity index is 1930. The summed E-state index contributed by atoms with van der Waals surface area (Å²) in [6.07, 6.45) is -13.9. The Morgan fingerprint density at radius 3 is 0.667 bits per heavy atom. The normalized spacial score (nSPS) is 14.1. The SMILES string of the molecule is FC(F)(F)C(F)(F)C(F)(F)C(F)(F)c1ccc(-c2ccc(-c3ccc(-c4ccc(-c5ccc(C(F)(F)C(F)(F)C(F)(F)C(F)(F)F)cc5)s4)cc3)s2)cc1. The van der Waals surface area contributed by atoms with E-state index in [1.54, 1.807) is 36.4 Å². The largest absolute Gasteiger partial charge is 0.460 e. The van der Waals surface area contributed by atoms with Crippen molar-refractivity contribution in [3.05, 3.63) is 108 Å². The zero-order chi connectivity index (χ0) is 40.5. The van der Waals surface area contributed by atoms with Gasteiger partial charge in [0.05, 0.1) is 0 Å². The summed E-state index contributed by atoms with van der Waals surface area (Å²) in [7, 11) is 0. The molecule has 0 bridgehead atoms. The summed E-state index contributed by atoms with van der Waals surface area (Å²) >= 11 is 2.15. The number of thiophene rings is 2. The van der Waals surface area contributed by atoms with Gasteiger partial charge in [-0.3, -0.25) is 0 Å². The maximum absolute atomic E-state index is 14.3. The quantitative estimate of drug-likeness (QED) is 0.123. The van der Waals surface area contributed by atoms with E-state index in [2.05, 4.69) is 0 Å². The maximum Gasteiger partial charge on any atom is 0.460 e. The fraction of sp³-hybridized carbons (Fsp3) is 0.235. The molecule has 3 aromatic carbocycles. The van der Waals surface area contributed by atoms with E-state index < -0.39 is 59.0 Å². The molecule has 0 amide bonds.